The first kappa shape index (κ1) is 10.1. The maximum Gasteiger partial charge on any atom is 0.343 e. The fourth-order valence-electron chi connectivity index (χ4n) is 0.584. The first-order chi connectivity index (χ1) is 4.34. The molecule has 0 rings (SSSR count). The zero-order chi connectivity index (χ0) is 8.36. The van der Waals surface area contributed by atoms with Crippen molar-refractivity contribution in [2.75, 3.05) is 0 Å². The van der Waals surface area contributed by atoms with Gasteiger partial charge in [-0.3, -0.25) is 4.57 Å². The van der Waals surface area contributed by atoms with Crippen LogP contribution in [0.3, 0.4) is 0 Å². The first-order valence-electron chi connectivity index (χ1n) is 3.10. The van der Waals surface area contributed by atoms with Gasteiger partial charge in [0.25, 0.3) is 0 Å². The van der Waals surface area contributed by atoms with Crippen molar-refractivity contribution in [1.82, 2.24) is 5.73 Å². The molecule has 0 aliphatic heterocycles. The first-order valence-corrected chi connectivity index (χ1v) is 4.78. The van der Waals surface area contributed by atoms with Crippen molar-refractivity contribution in [2.45, 2.75) is 26.1 Å². The lowest BCUT2D eigenvalue weighted by Crippen LogP contribution is -2.12. The van der Waals surface area contributed by atoms with Gasteiger partial charge in [-0.15, -0.1) is 0 Å². The SMILES string of the molecule is CC(C)CC([NH])P(=O)(O)O. The Morgan fingerprint density at radius 1 is 1.50 bits per heavy atom. The molecule has 0 saturated heterocycles. The van der Waals surface area contributed by atoms with Crippen LogP contribution in [0.25, 0.3) is 0 Å². The highest BCUT2D eigenvalue weighted by atomic mass is 31.2. The predicted molar refractivity (Wildman–Crippen MR) is 38.4 cm³/mol. The molecule has 61 valence electrons. The summed E-state index contributed by atoms with van der Waals surface area (Å²) < 4.78 is 10.4. The number of nitrogens with one attached hydrogen (secondary N) is 1. The van der Waals surface area contributed by atoms with Crippen molar-refractivity contribution in [1.29, 1.82) is 0 Å². The van der Waals surface area contributed by atoms with Gasteiger partial charge in [0.1, 0.15) is 5.78 Å². The second-order valence-electron chi connectivity index (χ2n) is 2.73. The standard InChI is InChI=1S/C5H13NO3P/c1-4(2)3-5(6)10(7,8)9/h4-6H,3H2,1-2H3,(H2,7,8,9). The van der Waals surface area contributed by atoms with Crippen LogP contribution >= 0.6 is 7.60 Å². The number of rotatable bonds is 3. The molecule has 1 unspecified atom stereocenters. The third kappa shape index (κ3) is 4.01. The molecule has 0 aromatic rings. The van der Waals surface area contributed by atoms with E-state index in [4.69, 9.17) is 15.5 Å². The van der Waals surface area contributed by atoms with Crippen LogP contribution in [-0.2, 0) is 4.57 Å². The molecule has 0 saturated carbocycles. The lowest BCUT2D eigenvalue weighted by Gasteiger charge is -2.13. The monoisotopic (exact) mass is 166 g/mol. The smallest absolute Gasteiger partial charge is 0.323 e. The summed E-state index contributed by atoms with van der Waals surface area (Å²) in [4.78, 5) is 16.9. The summed E-state index contributed by atoms with van der Waals surface area (Å²) in [6, 6.07) is 0. The average Bonchev–Trinajstić information content (AvgIpc) is 1.60. The maximum absolute atomic E-state index is 10.4. The molecule has 5 heteroatoms. The van der Waals surface area contributed by atoms with Crippen molar-refractivity contribution in [2.24, 2.45) is 5.92 Å². The van der Waals surface area contributed by atoms with Gasteiger partial charge in [0, 0.05) is 0 Å². The van der Waals surface area contributed by atoms with E-state index in [0.717, 1.165) is 0 Å². The maximum atomic E-state index is 10.4. The summed E-state index contributed by atoms with van der Waals surface area (Å²) in [6.45, 7) is 3.66. The Hall–Kier alpha value is 0.110. The third-order valence-corrected chi connectivity index (χ3v) is 2.12. The molecule has 0 bridgehead atoms. The van der Waals surface area contributed by atoms with Gasteiger partial charge >= 0.3 is 7.60 Å². The third-order valence-electron chi connectivity index (χ3n) is 1.10. The number of hydrogen-bond acceptors (Lipinski definition) is 1. The molecule has 10 heavy (non-hydrogen) atoms. The van der Waals surface area contributed by atoms with Crippen LogP contribution in [0.2, 0.25) is 0 Å². The second kappa shape index (κ2) is 3.49. The minimum Gasteiger partial charge on any atom is -0.323 e. The fourth-order valence-corrected chi connectivity index (χ4v) is 1.28. The molecule has 0 amide bonds. The second-order valence-corrected chi connectivity index (χ2v) is 4.54. The van der Waals surface area contributed by atoms with Crippen LogP contribution in [0.15, 0.2) is 0 Å². The molecule has 3 N–H and O–H groups in total. The van der Waals surface area contributed by atoms with Crippen molar-refractivity contribution >= 4 is 7.60 Å². The zero-order valence-corrected chi connectivity index (χ0v) is 7.01. The Bertz CT molecular complexity index is 142. The summed E-state index contributed by atoms with van der Waals surface area (Å²) in [6.07, 6.45) is 0.254. The van der Waals surface area contributed by atoms with Crippen LogP contribution in [0.4, 0.5) is 0 Å². The molecule has 0 aliphatic carbocycles. The molecule has 0 heterocycles. The lowest BCUT2D eigenvalue weighted by molar-refractivity contribution is 0.346. The highest BCUT2D eigenvalue weighted by molar-refractivity contribution is 7.52. The summed E-state index contributed by atoms with van der Waals surface area (Å²) in [7, 11) is -4.14. The van der Waals surface area contributed by atoms with E-state index in [1.165, 1.54) is 0 Å². The highest BCUT2D eigenvalue weighted by Gasteiger charge is 2.25. The van der Waals surface area contributed by atoms with Crippen LogP contribution in [0.1, 0.15) is 20.3 Å². The normalized spacial score (nSPS) is 15.8. The van der Waals surface area contributed by atoms with E-state index in [1.807, 2.05) is 13.8 Å². The minimum atomic E-state index is -4.14. The summed E-state index contributed by atoms with van der Waals surface area (Å²) in [5.41, 5.74) is 6.99. The van der Waals surface area contributed by atoms with Crippen molar-refractivity contribution in [3.8, 4) is 0 Å². The van der Waals surface area contributed by atoms with E-state index in [9.17, 15) is 4.57 Å². The summed E-state index contributed by atoms with van der Waals surface area (Å²) in [5, 5.41) is 0. The fraction of sp³-hybridized carbons (Fsp3) is 1.00. The topological polar surface area (TPSA) is 81.3 Å². The van der Waals surface area contributed by atoms with E-state index in [-0.39, 0.29) is 12.3 Å². The van der Waals surface area contributed by atoms with E-state index in [0.29, 0.717) is 0 Å². The molecule has 1 radical (unpaired) electrons. The van der Waals surface area contributed by atoms with Crippen molar-refractivity contribution < 1.29 is 14.4 Å². The van der Waals surface area contributed by atoms with E-state index < -0.39 is 13.4 Å². The Balaban J connectivity index is 3.86. The van der Waals surface area contributed by atoms with E-state index >= 15 is 0 Å². The number of hydrogen-bond donors (Lipinski definition) is 2. The van der Waals surface area contributed by atoms with Crippen LogP contribution in [0.5, 0.6) is 0 Å². The van der Waals surface area contributed by atoms with Crippen molar-refractivity contribution in [3.63, 3.8) is 0 Å². The molecule has 1 atom stereocenters. The van der Waals surface area contributed by atoms with E-state index in [2.05, 4.69) is 0 Å². The van der Waals surface area contributed by atoms with Crippen LogP contribution in [-0.4, -0.2) is 15.6 Å². The van der Waals surface area contributed by atoms with Crippen LogP contribution < -0.4 is 5.73 Å². The van der Waals surface area contributed by atoms with Crippen LogP contribution in [0, 0.1) is 5.92 Å². The van der Waals surface area contributed by atoms with Gasteiger partial charge in [-0.2, -0.15) is 0 Å². The molecule has 0 aliphatic rings. The average molecular weight is 166 g/mol. The Labute approximate surface area is 60.6 Å². The minimum absolute atomic E-state index is 0.162. The Morgan fingerprint density at radius 2 is 1.90 bits per heavy atom. The van der Waals surface area contributed by atoms with Gasteiger partial charge in [0.2, 0.25) is 0 Å². The van der Waals surface area contributed by atoms with Gasteiger partial charge < -0.3 is 9.79 Å². The molecule has 0 aromatic heterocycles. The highest BCUT2D eigenvalue weighted by Crippen LogP contribution is 2.41. The molecule has 0 spiro atoms. The molecule has 0 aromatic carbocycles. The van der Waals surface area contributed by atoms with Gasteiger partial charge in [0.15, 0.2) is 0 Å². The van der Waals surface area contributed by atoms with Gasteiger partial charge in [-0.05, 0) is 12.3 Å². The Kier molecular flexibility index (Phi) is 3.52. The van der Waals surface area contributed by atoms with E-state index in [1.54, 1.807) is 0 Å². The molecular weight excluding hydrogens is 153 g/mol. The predicted octanol–water partition coefficient (Wildman–Crippen LogP) is 0.819. The summed E-state index contributed by atoms with van der Waals surface area (Å²) in [5.74, 6) is -1.08. The quantitative estimate of drug-likeness (QED) is 0.609. The van der Waals surface area contributed by atoms with Crippen molar-refractivity contribution in [3.05, 3.63) is 0 Å². The van der Waals surface area contributed by atoms with Gasteiger partial charge in [-0.25, -0.2) is 5.73 Å². The van der Waals surface area contributed by atoms with Gasteiger partial charge in [-0.1, -0.05) is 13.8 Å². The lowest BCUT2D eigenvalue weighted by atomic mass is 10.1. The molecule has 0 fully saturated rings. The summed E-state index contributed by atoms with van der Waals surface area (Å²) >= 11 is 0. The largest absolute Gasteiger partial charge is 0.343 e. The Morgan fingerprint density at radius 3 is 2.00 bits per heavy atom. The molecule has 4 nitrogen and oxygen atoms in total. The molecular formula is C5H13NO3P. The zero-order valence-electron chi connectivity index (χ0n) is 6.11. The van der Waals surface area contributed by atoms with Gasteiger partial charge in [0.05, 0.1) is 0 Å².